The summed E-state index contributed by atoms with van der Waals surface area (Å²) in [7, 11) is -1.43. The van der Waals surface area contributed by atoms with Crippen LogP contribution < -0.4 is 10.1 Å². The zero-order valence-electron chi connectivity index (χ0n) is 35.4. The van der Waals surface area contributed by atoms with Crippen LogP contribution in [0.2, 0.25) is 19.6 Å². The minimum absolute atomic E-state index is 0. The van der Waals surface area contributed by atoms with Crippen LogP contribution >= 0.6 is 0 Å². The molecule has 1 unspecified atom stereocenters. The van der Waals surface area contributed by atoms with E-state index < -0.39 is 8.07 Å². The Balaban J connectivity index is 0.000000160. The zero-order chi connectivity index (χ0) is 41.7. The van der Waals surface area contributed by atoms with E-state index in [1.807, 2.05) is 54.6 Å². The second kappa shape index (κ2) is 16.9. The van der Waals surface area contributed by atoms with E-state index >= 15 is 0 Å². The van der Waals surface area contributed by atoms with Crippen molar-refractivity contribution in [3.8, 4) is 22.4 Å². The number of benzene rings is 7. The van der Waals surface area contributed by atoms with Crippen molar-refractivity contribution < 1.29 is 28.9 Å². The van der Waals surface area contributed by atoms with Gasteiger partial charge in [-0.05, 0) is 70.8 Å². The number of nitrogens with zero attached hydrogens (tertiary/aromatic N) is 3. The molecule has 0 saturated carbocycles. The maximum Gasteiger partial charge on any atom is 3.00 e. The minimum Gasteiger partial charge on any atom is -0.661 e. The Hall–Kier alpha value is -6.24. The molecule has 1 aliphatic heterocycles. The molecule has 7 heteroatoms. The van der Waals surface area contributed by atoms with Gasteiger partial charge < -0.3 is 24.0 Å². The number of rotatable bonds is 7. The van der Waals surface area contributed by atoms with Crippen molar-refractivity contribution in [2.75, 3.05) is 4.90 Å². The SMILES string of the molecule is CC(C)Cc1cc(-c2[c-]cc3oc4ccccc4c3c2)ncc1[Si](C)(C)C.[Ir+3].[c-]1ccc2c(oc3ccccc32)c1C1[N-]c2ccccc2N1c1ccc(-c2ccccc2)cc1. The number of fused-ring (bicyclic) bond motifs is 7. The number of anilines is 2. The van der Waals surface area contributed by atoms with Crippen molar-refractivity contribution in [2.24, 2.45) is 5.92 Å². The van der Waals surface area contributed by atoms with Gasteiger partial charge in [0.15, 0.2) is 0 Å². The van der Waals surface area contributed by atoms with Crippen molar-refractivity contribution >= 4 is 74.2 Å². The van der Waals surface area contributed by atoms with E-state index in [0.717, 1.165) is 84.2 Å². The maximum absolute atomic E-state index is 6.34. The largest absolute Gasteiger partial charge is 3.00 e. The quantitative estimate of drug-likeness (QED) is 0.118. The minimum atomic E-state index is -1.43. The van der Waals surface area contributed by atoms with E-state index in [2.05, 4.69) is 160 Å². The molecule has 306 valence electrons. The third kappa shape index (κ3) is 7.77. The normalized spacial score (nSPS) is 13.6. The second-order valence-electron chi connectivity index (χ2n) is 17.3. The molecule has 0 fully saturated rings. The van der Waals surface area contributed by atoms with Crippen LogP contribution in [0.3, 0.4) is 0 Å². The first-order chi connectivity index (χ1) is 29.7. The van der Waals surface area contributed by atoms with Gasteiger partial charge in [0.05, 0.1) is 13.7 Å². The Labute approximate surface area is 377 Å². The Morgan fingerprint density at radius 2 is 1.34 bits per heavy atom. The summed E-state index contributed by atoms with van der Waals surface area (Å²) >= 11 is 0. The average Bonchev–Trinajstić information content (AvgIpc) is 3.98. The third-order valence-corrected chi connectivity index (χ3v) is 13.6. The predicted octanol–water partition coefficient (Wildman–Crippen LogP) is 15.1. The van der Waals surface area contributed by atoms with Gasteiger partial charge in [-0.15, -0.1) is 35.0 Å². The van der Waals surface area contributed by atoms with Crippen molar-refractivity contribution in [3.05, 3.63) is 192 Å². The number of para-hydroxylation sites is 4. The predicted molar refractivity (Wildman–Crippen MR) is 256 cm³/mol. The van der Waals surface area contributed by atoms with Crippen LogP contribution in [0, 0.1) is 18.1 Å². The van der Waals surface area contributed by atoms with E-state index in [1.54, 1.807) is 0 Å². The summed E-state index contributed by atoms with van der Waals surface area (Å²) < 4.78 is 12.3. The van der Waals surface area contributed by atoms with E-state index in [9.17, 15) is 0 Å². The summed E-state index contributed by atoms with van der Waals surface area (Å²) in [4.78, 5) is 7.11. The molecular formula is C55H46IrN3O2Si. The van der Waals surface area contributed by atoms with Gasteiger partial charge >= 0.3 is 20.1 Å². The summed E-state index contributed by atoms with van der Waals surface area (Å²) in [5, 5.41) is 11.1. The molecule has 0 bridgehead atoms. The molecule has 5 nitrogen and oxygen atoms in total. The molecule has 1 atom stereocenters. The first kappa shape index (κ1) is 41.1. The Bertz CT molecular complexity index is 3180. The molecule has 0 amide bonds. The van der Waals surface area contributed by atoms with Crippen LogP contribution in [0.15, 0.2) is 173 Å². The molecule has 7 aromatic carbocycles. The van der Waals surface area contributed by atoms with E-state index in [1.165, 1.54) is 21.9 Å². The first-order valence-corrected chi connectivity index (χ1v) is 24.6. The summed E-state index contributed by atoms with van der Waals surface area (Å²) in [5.41, 5.74) is 13.5. The summed E-state index contributed by atoms with van der Waals surface area (Å²) in [6, 6.07) is 61.1. The average molecular weight is 1000 g/mol. The fourth-order valence-electron chi connectivity index (χ4n) is 8.67. The summed E-state index contributed by atoms with van der Waals surface area (Å²) in [6.07, 6.45) is 2.95. The van der Waals surface area contributed by atoms with Crippen LogP contribution in [0.25, 0.3) is 71.6 Å². The van der Waals surface area contributed by atoms with Crippen LogP contribution in [-0.2, 0) is 26.5 Å². The first-order valence-electron chi connectivity index (χ1n) is 21.1. The molecule has 0 radical (unpaired) electrons. The fourth-order valence-corrected chi connectivity index (χ4v) is 10.3. The zero-order valence-corrected chi connectivity index (χ0v) is 38.8. The molecule has 4 heterocycles. The van der Waals surface area contributed by atoms with Gasteiger partial charge in [-0.3, -0.25) is 0 Å². The Morgan fingerprint density at radius 1 is 0.677 bits per heavy atom. The van der Waals surface area contributed by atoms with Gasteiger partial charge in [-0.1, -0.05) is 153 Å². The topological polar surface area (TPSA) is 56.5 Å². The van der Waals surface area contributed by atoms with Crippen molar-refractivity contribution in [3.63, 3.8) is 0 Å². The molecule has 1 aliphatic rings. The van der Waals surface area contributed by atoms with Crippen LogP contribution in [0.4, 0.5) is 17.1 Å². The molecule has 10 aromatic rings. The molecule has 0 N–H and O–H groups in total. The second-order valence-corrected chi connectivity index (χ2v) is 22.3. The third-order valence-electron chi connectivity index (χ3n) is 11.5. The van der Waals surface area contributed by atoms with E-state index in [4.69, 9.17) is 19.1 Å². The van der Waals surface area contributed by atoms with Gasteiger partial charge in [0.2, 0.25) is 0 Å². The van der Waals surface area contributed by atoms with Gasteiger partial charge in [-0.25, -0.2) is 0 Å². The standard InChI is InChI=1S/C31H20N2O.C24H26NOSi.Ir/c1-2-9-21(10-3-1)22-17-19-23(20-18-22)33-28-15-6-5-14-27(28)32-31(33)26-13-8-12-25-24-11-4-7-16-29(24)34-30(25)26;1-16(2)12-18-14-21(25-15-24(18)27(3,4)5)17-10-11-23-20(13-17)19-8-6-7-9-22(19)26-23;/h1-12,14-20,31H;6-9,11,13-16H,12H2,1-5H3;/q-2;-1;+3. The van der Waals surface area contributed by atoms with Crippen LogP contribution in [0.5, 0.6) is 0 Å². The van der Waals surface area contributed by atoms with E-state index in [0.29, 0.717) is 5.92 Å². The van der Waals surface area contributed by atoms with Gasteiger partial charge in [0.25, 0.3) is 0 Å². The maximum atomic E-state index is 6.34. The molecule has 62 heavy (non-hydrogen) atoms. The summed E-state index contributed by atoms with van der Waals surface area (Å²) in [5.74, 6) is 0.625. The fraction of sp³-hybridized carbons (Fsp3) is 0.145. The van der Waals surface area contributed by atoms with Gasteiger partial charge in [0.1, 0.15) is 11.2 Å². The monoisotopic (exact) mass is 1000 g/mol. The van der Waals surface area contributed by atoms with Gasteiger partial charge in [-0.2, -0.15) is 18.2 Å². The van der Waals surface area contributed by atoms with Gasteiger partial charge in [0, 0.05) is 33.9 Å². The van der Waals surface area contributed by atoms with Crippen LogP contribution in [-0.4, -0.2) is 13.1 Å². The number of hydrogen-bond acceptors (Lipinski definition) is 4. The molecule has 3 aromatic heterocycles. The Morgan fingerprint density at radius 3 is 2.08 bits per heavy atom. The summed E-state index contributed by atoms with van der Waals surface area (Å²) in [6.45, 7) is 11.7. The number of hydrogen-bond donors (Lipinski definition) is 0. The van der Waals surface area contributed by atoms with Crippen molar-refractivity contribution in [1.29, 1.82) is 0 Å². The Kier molecular flexibility index (Phi) is 11.2. The molecule has 0 spiro atoms. The van der Waals surface area contributed by atoms with Crippen molar-refractivity contribution in [1.82, 2.24) is 4.98 Å². The van der Waals surface area contributed by atoms with Crippen molar-refractivity contribution in [2.45, 2.75) is 46.1 Å². The number of aromatic nitrogens is 1. The molecule has 0 saturated heterocycles. The van der Waals surface area contributed by atoms with Crippen LogP contribution in [0.1, 0.15) is 31.1 Å². The number of furan rings is 2. The smallest absolute Gasteiger partial charge is 0.661 e. The number of pyridine rings is 1. The molecular weight excluding hydrogens is 955 g/mol. The molecule has 0 aliphatic carbocycles. The van der Waals surface area contributed by atoms with E-state index in [-0.39, 0.29) is 26.3 Å². The molecule has 11 rings (SSSR count).